The topological polar surface area (TPSA) is 54.9 Å². The van der Waals surface area contributed by atoms with Gasteiger partial charge in [-0.3, -0.25) is 5.43 Å². The quantitative estimate of drug-likeness (QED) is 0.493. The molecule has 0 bridgehead atoms. The summed E-state index contributed by atoms with van der Waals surface area (Å²) >= 11 is 5.26. The summed E-state index contributed by atoms with van der Waals surface area (Å²) in [7, 11) is 3.22. The van der Waals surface area contributed by atoms with Gasteiger partial charge >= 0.3 is 0 Å². The van der Waals surface area contributed by atoms with Crippen LogP contribution in [0.25, 0.3) is 0 Å². The van der Waals surface area contributed by atoms with E-state index in [1.807, 2.05) is 31.2 Å². The minimum absolute atomic E-state index is 0.422. The van der Waals surface area contributed by atoms with Crippen LogP contribution in [0.1, 0.15) is 16.7 Å². The van der Waals surface area contributed by atoms with Gasteiger partial charge in [0.25, 0.3) is 0 Å². The molecule has 0 aliphatic heterocycles. The van der Waals surface area contributed by atoms with E-state index in [1.165, 1.54) is 5.56 Å². The molecule has 0 unspecified atom stereocenters. The highest BCUT2D eigenvalue weighted by atomic mass is 32.1. The Morgan fingerprint density at radius 2 is 1.88 bits per heavy atom. The molecular weight excluding hydrogens is 322 g/mol. The number of rotatable bonds is 5. The van der Waals surface area contributed by atoms with E-state index in [4.69, 9.17) is 21.7 Å². The van der Waals surface area contributed by atoms with Gasteiger partial charge in [0.05, 0.1) is 20.4 Å². The average molecular weight is 343 g/mol. The number of methoxy groups -OCH3 is 2. The third-order valence-corrected chi connectivity index (χ3v) is 3.63. The van der Waals surface area contributed by atoms with Crippen molar-refractivity contribution in [3.05, 3.63) is 53.1 Å². The van der Waals surface area contributed by atoms with Gasteiger partial charge in [-0.05, 0) is 49.8 Å². The van der Waals surface area contributed by atoms with E-state index >= 15 is 0 Å². The monoisotopic (exact) mass is 343 g/mol. The maximum atomic E-state index is 5.32. The average Bonchev–Trinajstić information content (AvgIpc) is 2.57. The number of nitrogens with one attached hydrogen (secondary N) is 2. The van der Waals surface area contributed by atoms with E-state index in [-0.39, 0.29) is 0 Å². The summed E-state index contributed by atoms with van der Waals surface area (Å²) in [5.74, 6) is 1.40. The van der Waals surface area contributed by atoms with E-state index in [1.54, 1.807) is 26.5 Å². The number of hydrogen-bond acceptors (Lipinski definition) is 4. The van der Waals surface area contributed by atoms with Crippen LogP contribution in [0, 0.1) is 13.8 Å². The van der Waals surface area contributed by atoms with Gasteiger partial charge in [0.1, 0.15) is 11.5 Å². The predicted molar refractivity (Wildman–Crippen MR) is 102 cm³/mol. The molecule has 0 aromatic heterocycles. The molecule has 0 aliphatic rings. The van der Waals surface area contributed by atoms with Crippen molar-refractivity contribution in [3.63, 3.8) is 0 Å². The summed E-state index contributed by atoms with van der Waals surface area (Å²) in [6.07, 6.45) is 1.65. The molecule has 0 fully saturated rings. The van der Waals surface area contributed by atoms with Crippen LogP contribution in [0.15, 0.2) is 41.5 Å². The van der Waals surface area contributed by atoms with Crippen molar-refractivity contribution in [2.45, 2.75) is 13.8 Å². The summed E-state index contributed by atoms with van der Waals surface area (Å²) in [5.41, 5.74) is 6.91. The third kappa shape index (κ3) is 4.70. The van der Waals surface area contributed by atoms with Crippen LogP contribution in [0.2, 0.25) is 0 Å². The lowest BCUT2D eigenvalue weighted by atomic mass is 10.1. The Hall–Kier alpha value is -2.60. The smallest absolute Gasteiger partial charge is 0.191 e. The van der Waals surface area contributed by atoms with Gasteiger partial charge in [-0.2, -0.15) is 5.10 Å². The second-order valence-corrected chi connectivity index (χ2v) is 5.66. The van der Waals surface area contributed by atoms with Gasteiger partial charge in [0.2, 0.25) is 0 Å². The Morgan fingerprint density at radius 1 is 1.08 bits per heavy atom. The highest BCUT2D eigenvalue weighted by Gasteiger charge is 2.03. The molecule has 2 rings (SSSR count). The molecule has 0 aliphatic carbocycles. The van der Waals surface area contributed by atoms with Crippen LogP contribution < -0.4 is 20.2 Å². The molecule has 24 heavy (non-hydrogen) atoms. The molecule has 0 saturated heterocycles. The summed E-state index contributed by atoms with van der Waals surface area (Å²) in [6.45, 7) is 4.09. The lowest BCUT2D eigenvalue weighted by Gasteiger charge is -2.10. The standard InChI is InChI=1S/C18H21N3O2S/c1-12-5-8-16(13(2)9-12)20-18(24)21-19-11-14-6-7-15(22-3)10-17(14)23-4/h5-11H,1-4H3,(H2,20,21,24). The van der Waals surface area contributed by atoms with Crippen molar-refractivity contribution in [2.75, 3.05) is 19.5 Å². The predicted octanol–water partition coefficient (Wildman–Crippen LogP) is 3.64. The van der Waals surface area contributed by atoms with E-state index in [0.717, 1.165) is 22.6 Å². The summed E-state index contributed by atoms with van der Waals surface area (Å²) in [5, 5.41) is 7.70. The lowest BCUT2D eigenvalue weighted by Crippen LogP contribution is -2.24. The van der Waals surface area contributed by atoms with Crippen LogP contribution >= 0.6 is 12.2 Å². The van der Waals surface area contributed by atoms with E-state index in [9.17, 15) is 0 Å². The van der Waals surface area contributed by atoms with Crippen molar-refractivity contribution in [3.8, 4) is 11.5 Å². The molecule has 2 N–H and O–H groups in total. The Balaban J connectivity index is 1.99. The van der Waals surface area contributed by atoms with Gasteiger partial charge in [0.15, 0.2) is 5.11 Å². The second-order valence-electron chi connectivity index (χ2n) is 5.25. The summed E-state index contributed by atoms with van der Waals surface area (Å²) in [4.78, 5) is 0. The van der Waals surface area contributed by atoms with Gasteiger partial charge < -0.3 is 14.8 Å². The zero-order chi connectivity index (χ0) is 17.5. The summed E-state index contributed by atoms with van der Waals surface area (Å²) in [6, 6.07) is 11.6. The normalized spacial score (nSPS) is 10.5. The SMILES string of the molecule is COc1ccc(C=NNC(=S)Nc2ccc(C)cc2C)c(OC)c1. The van der Waals surface area contributed by atoms with Crippen molar-refractivity contribution in [1.29, 1.82) is 0 Å². The van der Waals surface area contributed by atoms with E-state index < -0.39 is 0 Å². The van der Waals surface area contributed by atoms with E-state index in [2.05, 4.69) is 28.8 Å². The lowest BCUT2D eigenvalue weighted by molar-refractivity contribution is 0.394. The number of hydrogen-bond donors (Lipinski definition) is 2. The molecule has 5 nitrogen and oxygen atoms in total. The van der Waals surface area contributed by atoms with Crippen LogP contribution in [0.3, 0.4) is 0 Å². The fraction of sp³-hybridized carbons (Fsp3) is 0.222. The van der Waals surface area contributed by atoms with Crippen molar-refractivity contribution >= 4 is 29.2 Å². The molecule has 0 saturated carbocycles. The summed E-state index contributed by atoms with van der Waals surface area (Å²) < 4.78 is 10.5. The first-order chi connectivity index (χ1) is 11.5. The van der Waals surface area contributed by atoms with Gasteiger partial charge in [-0.1, -0.05) is 17.7 Å². The highest BCUT2D eigenvalue weighted by Crippen LogP contribution is 2.23. The van der Waals surface area contributed by atoms with E-state index in [0.29, 0.717) is 10.9 Å². The molecule has 6 heteroatoms. The van der Waals surface area contributed by atoms with Crippen molar-refractivity contribution in [1.82, 2.24) is 5.43 Å². The maximum Gasteiger partial charge on any atom is 0.191 e. The number of aryl methyl sites for hydroxylation is 2. The molecule has 2 aromatic carbocycles. The minimum Gasteiger partial charge on any atom is -0.497 e. The van der Waals surface area contributed by atoms with Crippen LogP contribution in [0.5, 0.6) is 11.5 Å². The van der Waals surface area contributed by atoms with Crippen LogP contribution in [-0.4, -0.2) is 25.5 Å². The maximum absolute atomic E-state index is 5.32. The Morgan fingerprint density at radius 3 is 2.54 bits per heavy atom. The Labute approximate surface area is 147 Å². The fourth-order valence-corrected chi connectivity index (χ4v) is 2.35. The number of anilines is 1. The fourth-order valence-electron chi connectivity index (χ4n) is 2.19. The Kier molecular flexibility index (Phi) is 6.14. The van der Waals surface area contributed by atoms with Gasteiger partial charge in [-0.25, -0.2) is 0 Å². The zero-order valence-electron chi connectivity index (χ0n) is 14.2. The van der Waals surface area contributed by atoms with Gasteiger partial charge in [-0.15, -0.1) is 0 Å². The first-order valence-corrected chi connectivity index (χ1v) is 7.83. The molecule has 126 valence electrons. The number of thiocarbonyl (C=S) groups is 1. The van der Waals surface area contributed by atoms with Crippen molar-refractivity contribution in [2.24, 2.45) is 5.10 Å². The highest BCUT2D eigenvalue weighted by molar-refractivity contribution is 7.80. The molecule has 0 heterocycles. The molecule has 0 atom stereocenters. The number of nitrogens with zero attached hydrogens (tertiary/aromatic N) is 1. The molecule has 0 spiro atoms. The number of hydrazone groups is 1. The van der Waals surface area contributed by atoms with Gasteiger partial charge in [0, 0.05) is 17.3 Å². The Bertz CT molecular complexity index is 760. The minimum atomic E-state index is 0.422. The number of benzene rings is 2. The molecular formula is C18H21N3O2S. The van der Waals surface area contributed by atoms with Crippen molar-refractivity contribution < 1.29 is 9.47 Å². The first-order valence-electron chi connectivity index (χ1n) is 7.43. The zero-order valence-corrected chi connectivity index (χ0v) is 15.0. The molecule has 0 radical (unpaired) electrons. The second kappa shape index (κ2) is 8.31. The van der Waals surface area contributed by atoms with Crippen LogP contribution in [-0.2, 0) is 0 Å². The first kappa shape index (κ1) is 17.7. The molecule has 0 amide bonds. The third-order valence-electron chi connectivity index (χ3n) is 3.44. The number of ether oxygens (including phenoxy) is 2. The largest absolute Gasteiger partial charge is 0.497 e. The van der Waals surface area contributed by atoms with Crippen LogP contribution in [0.4, 0.5) is 5.69 Å². The molecule has 2 aromatic rings.